The van der Waals surface area contributed by atoms with E-state index in [9.17, 15) is 13.2 Å². The summed E-state index contributed by atoms with van der Waals surface area (Å²) in [7, 11) is 0. The predicted molar refractivity (Wildman–Crippen MR) is 69.0 cm³/mol. The number of alkyl halides is 3. The largest absolute Gasteiger partial charge is 0.573 e. The molecule has 2 fully saturated rings. The summed E-state index contributed by atoms with van der Waals surface area (Å²) in [5.74, 6) is 1.41. The van der Waals surface area contributed by atoms with E-state index in [1.165, 1.54) is 25.0 Å². The van der Waals surface area contributed by atoms with Gasteiger partial charge in [0.25, 0.3) is 0 Å². The molecular formula is C15H18F3NO. The third kappa shape index (κ3) is 2.64. The molecule has 0 radical (unpaired) electrons. The van der Waals surface area contributed by atoms with Gasteiger partial charge in [-0.25, -0.2) is 0 Å². The third-order valence-corrected chi connectivity index (χ3v) is 4.76. The molecule has 1 aromatic carbocycles. The van der Waals surface area contributed by atoms with Crippen molar-refractivity contribution in [2.45, 2.75) is 38.1 Å². The van der Waals surface area contributed by atoms with Crippen molar-refractivity contribution in [2.24, 2.45) is 23.5 Å². The molecule has 4 unspecified atom stereocenters. The zero-order valence-electron chi connectivity index (χ0n) is 11.1. The Kier molecular flexibility index (Phi) is 3.40. The molecule has 5 heteroatoms. The highest BCUT2D eigenvalue weighted by atomic mass is 19.4. The molecular weight excluding hydrogens is 267 g/mol. The fourth-order valence-corrected chi connectivity index (χ4v) is 3.94. The first-order valence-electron chi connectivity index (χ1n) is 7.04. The van der Waals surface area contributed by atoms with Crippen LogP contribution in [0.3, 0.4) is 0 Å². The van der Waals surface area contributed by atoms with Crippen molar-refractivity contribution < 1.29 is 17.9 Å². The predicted octanol–water partition coefficient (Wildman–Crippen LogP) is 4.02. The second-order valence-electron chi connectivity index (χ2n) is 5.95. The maximum atomic E-state index is 12.4. The number of hydrogen-bond acceptors (Lipinski definition) is 2. The Hall–Kier alpha value is -1.23. The third-order valence-electron chi connectivity index (χ3n) is 4.76. The molecule has 2 saturated carbocycles. The quantitative estimate of drug-likeness (QED) is 0.910. The van der Waals surface area contributed by atoms with E-state index < -0.39 is 6.36 Å². The number of rotatable bonds is 3. The number of fused-ring (bicyclic) bond motifs is 2. The fraction of sp³-hybridized carbons (Fsp3) is 0.600. The summed E-state index contributed by atoms with van der Waals surface area (Å²) in [6, 6.07) is 5.88. The van der Waals surface area contributed by atoms with Crippen molar-refractivity contribution in [2.75, 3.05) is 0 Å². The summed E-state index contributed by atoms with van der Waals surface area (Å²) in [6.07, 6.45) is -0.0583. The molecule has 0 saturated heterocycles. The minimum absolute atomic E-state index is 0.157. The van der Waals surface area contributed by atoms with Crippen molar-refractivity contribution in [3.8, 4) is 5.75 Å². The minimum Gasteiger partial charge on any atom is -0.405 e. The molecule has 0 amide bonds. The molecule has 0 spiro atoms. The Balaban J connectivity index is 1.82. The van der Waals surface area contributed by atoms with Gasteiger partial charge < -0.3 is 10.5 Å². The lowest BCUT2D eigenvalue weighted by Crippen LogP contribution is -2.27. The van der Waals surface area contributed by atoms with Crippen LogP contribution in [-0.4, -0.2) is 6.36 Å². The van der Waals surface area contributed by atoms with Gasteiger partial charge in [-0.2, -0.15) is 0 Å². The van der Waals surface area contributed by atoms with Crippen LogP contribution in [-0.2, 0) is 0 Å². The number of para-hydroxylation sites is 1. The zero-order valence-corrected chi connectivity index (χ0v) is 11.1. The van der Waals surface area contributed by atoms with Gasteiger partial charge in [-0.15, -0.1) is 13.2 Å². The summed E-state index contributed by atoms with van der Waals surface area (Å²) in [4.78, 5) is 0. The average Bonchev–Trinajstić information content (AvgIpc) is 2.99. The first-order chi connectivity index (χ1) is 9.44. The molecule has 2 aliphatic carbocycles. The Bertz CT molecular complexity index is 488. The molecule has 2 aliphatic rings. The Morgan fingerprint density at radius 3 is 2.50 bits per heavy atom. The first-order valence-corrected chi connectivity index (χ1v) is 7.04. The zero-order chi connectivity index (χ0) is 14.3. The number of ether oxygens (including phenoxy) is 1. The molecule has 0 aromatic heterocycles. The normalized spacial score (nSPS) is 30.5. The van der Waals surface area contributed by atoms with Crippen LogP contribution in [0.5, 0.6) is 5.75 Å². The molecule has 110 valence electrons. The van der Waals surface area contributed by atoms with Gasteiger partial charge in [0.2, 0.25) is 0 Å². The van der Waals surface area contributed by atoms with E-state index in [0.717, 1.165) is 12.8 Å². The van der Waals surface area contributed by atoms with Crippen LogP contribution >= 0.6 is 0 Å². The van der Waals surface area contributed by atoms with E-state index in [0.29, 0.717) is 17.4 Å². The van der Waals surface area contributed by atoms with Gasteiger partial charge in [0.05, 0.1) is 0 Å². The van der Waals surface area contributed by atoms with Crippen molar-refractivity contribution >= 4 is 0 Å². The minimum atomic E-state index is -4.68. The molecule has 1 aromatic rings. The van der Waals surface area contributed by atoms with Crippen LogP contribution in [0.15, 0.2) is 24.3 Å². The molecule has 0 aliphatic heterocycles. The first kappa shape index (κ1) is 13.7. The van der Waals surface area contributed by atoms with Crippen LogP contribution in [0, 0.1) is 17.8 Å². The SMILES string of the molecule is NC(c1ccccc1OC(F)(F)F)C1CC2CCC1C2. The molecule has 3 rings (SSSR count). The Labute approximate surface area is 116 Å². The Morgan fingerprint density at radius 1 is 1.15 bits per heavy atom. The molecule has 0 heterocycles. The summed E-state index contributed by atoms with van der Waals surface area (Å²) in [6.45, 7) is 0. The lowest BCUT2D eigenvalue weighted by Gasteiger charge is -2.29. The topological polar surface area (TPSA) is 35.2 Å². The lowest BCUT2D eigenvalue weighted by atomic mass is 9.81. The smallest absolute Gasteiger partial charge is 0.405 e. The standard InChI is InChI=1S/C15H18F3NO/c16-15(17,18)20-13-4-2-1-3-11(13)14(19)12-8-9-5-6-10(12)7-9/h1-4,9-10,12,14H,5-8,19H2. The van der Waals surface area contributed by atoms with Crippen LogP contribution in [0.25, 0.3) is 0 Å². The average molecular weight is 285 g/mol. The van der Waals surface area contributed by atoms with Crippen LogP contribution in [0.1, 0.15) is 37.3 Å². The summed E-state index contributed by atoms with van der Waals surface area (Å²) in [5, 5.41) is 0. The van der Waals surface area contributed by atoms with Gasteiger partial charge in [0.15, 0.2) is 0 Å². The highest BCUT2D eigenvalue weighted by Gasteiger charge is 2.43. The fourth-order valence-electron chi connectivity index (χ4n) is 3.94. The molecule has 4 atom stereocenters. The maximum Gasteiger partial charge on any atom is 0.573 e. The van der Waals surface area contributed by atoms with E-state index in [2.05, 4.69) is 4.74 Å². The molecule has 2 N–H and O–H groups in total. The summed E-state index contributed by atoms with van der Waals surface area (Å²) in [5.41, 5.74) is 6.73. The van der Waals surface area contributed by atoms with E-state index in [-0.39, 0.29) is 17.7 Å². The van der Waals surface area contributed by atoms with Crippen molar-refractivity contribution in [1.82, 2.24) is 0 Å². The molecule has 2 nitrogen and oxygen atoms in total. The van der Waals surface area contributed by atoms with Crippen molar-refractivity contribution in [1.29, 1.82) is 0 Å². The molecule has 2 bridgehead atoms. The van der Waals surface area contributed by atoms with Gasteiger partial charge in [-0.1, -0.05) is 24.6 Å². The highest BCUT2D eigenvalue weighted by molar-refractivity contribution is 5.36. The van der Waals surface area contributed by atoms with E-state index in [4.69, 9.17) is 5.73 Å². The van der Waals surface area contributed by atoms with Gasteiger partial charge in [0, 0.05) is 11.6 Å². The number of hydrogen-bond donors (Lipinski definition) is 1. The molecule has 20 heavy (non-hydrogen) atoms. The second-order valence-corrected chi connectivity index (χ2v) is 5.95. The van der Waals surface area contributed by atoms with Crippen molar-refractivity contribution in [3.63, 3.8) is 0 Å². The second kappa shape index (κ2) is 4.95. The summed E-state index contributed by atoms with van der Waals surface area (Å²) >= 11 is 0. The van der Waals surface area contributed by atoms with Crippen LogP contribution < -0.4 is 10.5 Å². The number of halogens is 3. The van der Waals surface area contributed by atoms with E-state index in [1.807, 2.05) is 0 Å². The van der Waals surface area contributed by atoms with E-state index >= 15 is 0 Å². The van der Waals surface area contributed by atoms with Gasteiger partial charge in [-0.05, 0) is 43.1 Å². The van der Waals surface area contributed by atoms with Gasteiger partial charge in [0.1, 0.15) is 5.75 Å². The van der Waals surface area contributed by atoms with E-state index in [1.54, 1.807) is 12.1 Å². The summed E-state index contributed by atoms with van der Waals surface area (Å²) < 4.78 is 41.5. The monoisotopic (exact) mass is 285 g/mol. The number of nitrogens with two attached hydrogens (primary N) is 1. The maximum absolute atomic E-state index is 12.4. The highest BCUT2D eigenvalue weighted by Crippen LogP contribution is 2.52. The lowest BCUT2D eigenvalue weighted by molar-refractivity contribution is -0.275. The van der Waals surface area contributed by atoms with Crippen LogP contribution in [0.2, 0.25) is 0 Å². The van der Waals surface area contributed by atoms with Crippen LogP contribution in [0.4, 0.5) is 13.2 Å². The van der Waals surface area contributed by atoms with Gasteiger partial charge >= 0.3 is 6.36 Å². The van der Waals surface area contributed by atoms with Gasteiger partial charge in [-0.3, -0.25) is 0 Å². The number of benzene rings is 1. The van der Waals surface area contributed by atoms with Crippen molar-refractivity contribution in [3.05, 3.63) is 29.8 Å². The Morgan fingerprint density at radius 2 is 1.90 bits per heavy atom.